The number of hydrogen-bond acceptors (Lipinski definition) is 5. The Balaban J connectivity index is 2.31. The molecule has 21 heavy (non-hydrogen) atoms. The fourth-order valence-electron chi connectivity index (χ4n) is 1.88. The zero-order valence-corrected chi connectivity index (χ0v) is 11.8. The van der Waals surface area contributed by atoms with E-state index in [1.165, 1.54) is 14.2 Å². The molecule has 0 aliphatic carbocycles. The van der Waals surface area contributed by atoms with Crippen molar-refractivity contribution in [1.82, 2.24) is 0 Å². The van der Waals surface area contributed by atoms with E-state index in [1.54, 1.807) is 48.5 Å². The van der Waals surface area contributed by atoms with E-state index >= 15 is 0 Å². The van der Waals surface area contributed by atoms with Crippen LogP contribution >= 0.6 is 0 Å². The monoisotopic (exact) mass is 285 g/mol. The Morgan fingerprint density at radius 2 is 1.62 bits per heavy atom. The second-order valence-corrected chi connectivity index (χ2v) is 4.23. The van der Waals surface area contributed by atoms with E-state index in [0.29, 0.717) is 22.5 Å². The Labute approximate surface area is 122 Å². The van der Waals surface area contributed by atoms with E-state index in [9.17, 15) is 9.59 Å². The maximum Gasteiger partial charge on any atom is 0.339 e. The normalized spacial score (nSPS) is 9.81. The first-order valence-corrected chi connectivity index (χ1v) is 6.28. The average molecular weight is 285 g/mol. The molecule has 0 aromatic heterocycles. The van der Waals surface area contributed by atoms with Gasteiger partial charge in [-0.3, -0.25) is 0 Å². The van der Waals surface area contributed by atoms with Crippen molar-refractivity contribution in [3.8, 4) is 0 Å². The van der Waals surface area contributed by atoms with E-state index in [2.05, 4.69) is 10.1 Å². The van der Waals surface area contributed by atoms with Gasteiger partial charge in [-0.1, -0.05) is 18.2 Å². The number of rotatable bonds is 4. The lowest BCUT2D eigenvalue weighted by Crippen LogP contribution is -2.06. The second-order valence-electron chi connectivity index (χ2n) is 4.23. The summed E-state index contributed by atoms with van der Waals surface area (Å²) in [5.74, 6) is -0.845. The van der Waals surface area contributed by atoms with E-state index in [0.717, 1.165) is 0 Å². The van der Waals surface area contributed by atoms with Crippen LogP contribution in [0.1, 0.15) is 20.7 Å². The van der Waals surface area contributed by atoms with E-state index < -0.39 is 11.9 Å². The van der Waals surface area contributed by atoms with E-state index in [1.807, 2.05) is 0 Å². The highest BCUT2D eigenvalue weighted by Gasteiger charge is 2.12. The molecule has 0 saturated heterocycles. The number of para-hydroxylation sites is 1. The molecule has 2 rings (SSSR count). The smallest absolute Gasteiger partial charge is 0.339 e. The number of carbonyl (C=O) groups is 2. The minimum Gasteiger partial charge on any atom is -0.465 e. The fourth-order valence-corrected chi connectivity index (χ4v) is 1.88. The zero-order chi connectivity index (χ0) is 15.2. The third-order valence-corrected chi connectivity index (χ3v) is 2.90. The summed E-state index contributed by atoms with van der Waals surface area (Å²) >= 11 is 0. The Hall–Kier alpha value is -2.82. The number of carbonyl (C=O) groups excluding carboxylic acids is 2. The number of methoxy groups -OCH3 is 2. The molecule has 0 spiro atoms. The Kier molecular flexibility index (Phi) is 4.56. The molecule has 0 aliphatic rings. The quantitative estimate of drug-likeness (QED) is 0.875. The number of hydrogen-bond donors (Lipinski definition) is 1. The van der Waals surface area contributed by atoms with Gasteiger partial charge in [0.05, 0.1) is 31.0 Å². The number of esters is 2. The molecule has 1 N–H and O–H groups in total. The maximum atomic E-state index is 11.7. The van der Waals surface area contributed by atoms with Crippen LogP contribution < -0.4 is 5.32 Å². The Morgan fingerprint density at radius 3 is 2.33 bits per heavy atom. The lowest BCUT2D eigenvalue weighted by Gasteiger charge is -2.11. The van der Waals surface area contributed by atoms with Gasteiger partial charge in [0, 0.05) is 5.69 Å². The van der Waals surface area contributed by atoms with Crippen LogP contribution in [0.2, 0.25) is 0 Å². The van der Waals surface area contributed by atoms with Crippen molar-refractivity contribution >= 4 is 23.3 Å². The molecule has 0 fully saturated rings. The summed E-state index contributed by atoms with van der Waals surface area (Å²) in [7, 11) is 2.66. The van der Waals surface area contributed by atoms with Crippen LogP contribution in [0, 0.1) is 0 Å². The minimum atomic E-state index is -0.428. The van der Waals surface area contributed by atoms with Crippen LogP contribution in [0.3, 0.4) is 0 Å². The highest BCUT2D eigenvalue weighted by Crippen LogP contribution is 2.22. The summed E-state index contributed by atoms with van der Waals surface area (Å²) in [6, 6.07) is 13.8. The molecule has 2 aromatic rings. The molecule has 0 amide bonds. The lowest BCUT2D eigenvalue weighted by atomic mass is 10.1. The van der Waals surface area contributed by atoms with Gasteiger partial charge in [0.1, 0.15) is 0 Å². The number of benzene rings is 2. The van der Waals surface area contributed by atoms with Crippen molar-refractivity contribution < 1.29 is 19.1 Å². The van der Waals surface area contributed by atoms with Crippen LogP contribution in [0.25, 0.3) is 0 Å². The predicted molar refractivity (Wildman–Crippen MR) is 78.8 cm³/mol. The number of nitrogens with one attached hydrogen (secondary N) is 1. The van der Waals surface area contributed by atoms with Crippen LogP contribution in [0.15, 0.2) is 48.5 Å². The molecule has 0 bridgehead atoms. The first kappa shape index (κ1) is 14.6. The average Bonchev–Trinajstić information content (AvgIpc) is 2.54. The summed E-state index contributed by atoms with van der Waals surface area (Å²) in [6.07, 6.45) is 0. The lowest BCUT2D eigenvalue weighted by molar-refractivity contribution is 0.0592. The fraction of sp³-hybridized carbons (Fsp3) is 0.125. The third-order valence-electron chi connectivity index (χ3n) is 2.90. The Bertz CT molecular complexity index is 667. The molecule has 0 radical (unpaired) electrons. The molecular formula is C16H15NO4. The van der Waals surface area contributed by atoms with Gasteiger partial charge < -0.3 is 14.8 Å². The second kappa shape index (κ2) is 6.56. The Morgan fingerprint density at radius 1 is 0.905 bits per heavy atom. The maximum absolute atomic E-state index is 11.7. The molecule has 5 heteroatoms. The van der Waals surface area contributed by atoms with Gasteiger partial charge in [0.15, 0.2) is 0 Å². The van der Waals surface area contributed by atoms with Gasteiger partial charge in [0.25, 0.3) is 0 Å². The van der Waals surface area contributed by atoms with Gasteiger partial charge in [0.2, 0.25) is 0 Å². The summed E-state index contributed by atoms with van der Waals surface area (Å²) in [5.41, 5.74) is 2.13. The molecule has 0 heterocycles. The third kappa shape index (κ3) is 3.39. The van der Waals surface area contributed by atoms with Gasteiger partial charge in [-0.05, 0) is 30.3 Å². The largest absolute Gasteiger partial charge is 0.465 e. The van der Waals surface area contributed by atoms with E-state index in [-0.39, 0.29) is 0 Å². The first-order chi connectivity index (χ1) is 10.2. The molecule has 0 atom stereocenters. The predicted octanol–water partition coefficient (Wildman–Crippen LogP) is 3.00. The SMILES string of the molecule is COC(=O)c1cccc(Nc2ccccc2C(=O)OC)c1. The topological polar surface area (TPSA) is 64.6 Å². The van der Waals surface area contributed by atoms with E-state index in [4.69, 9.17) is 4.74 Å². The van der Waals surface area contributed by atoms with Crippen molar-refractivity contribution in [2.75, 3.05) is 19.5 Å². The van der Waals surface area contributed by atoms with Gasteiger partial charge >= 0.3 is 11.9 Å². The number of ether oxygens (including phenoxy) is 2. The molecule has 0 saturated carbocycles. The van der Waals surface area contributed by atoms with Gasteiger partial charge in [-0.2, -0.15) is 0 Å². The van der Waals surface area contributed by atoms with Crippen molar-refractivity contribution in [3.63, 3.8) is 0 Å². The molecule has 0 unspecified atom stereocenters. The molecule has 108 valence electrons. The summed E-state index contributed by atoms with van der Waals surface area (Å²) in [5, 5.41) is 3.10. The highest BCUT2D eigenvalue weighted by atomic mass is 16.5. The molecule has 2 aromatic carbocycles. The standard InChI is InChI=1S/C16H15NO4/c1-20-15(18)11-6-5-7-12(10-11)17-14-9-4-3-8-13(14)16(19)21-2/h3-10,17H,1-2H3. The molecule has 0 aliphatic heterocycles. The van der Waals surface area contributed by atoms with Gasteiger partial charge in [-0.25, -0.2) is 9.59 Å². The summed E-state index contributed by atoms with van der Waals surface area (Å²) < 4.78 is 9.42. The van der Waals surface area contributed by atoms with Gasteiger partial charge in [-0.15, -0.1) is 0 Å². The first-order valence-electron chi connectivity index (χ1n) is 6.28. The van der Waals surface area contributed by atoms with Crippen LogP contribution in [-0.2, 0) is 9.47 Å². The highest BCUT2D eigenvalue weighted by molar-refractivity contribution is 5.97. The van der Waals surface area contributed by atoms with Crippen LogP contribution in [-0.4, -0.2) is 26.2 Å². The van der Waals surface area contributed by atoms with Crippen LogP contribution in [0.5, 0.6) is 0 Å². The van der Waals surface area contributed by atoms with Crippen molar-refractivity contribution in [2.45, 2.75) is 0 Å². The molecular weight excluding hydrogens is 270 g/mol. The zero-order valence-electron chi connectivity index (χ0n) is 11.8. The minimum absolute atomic E-state index is 0.417. The summed E-state index contributed by atoms with van der Waals surface area (Å²) in [4.78, 5) is 23.2. The van der Waals surface area contributed by atoms with Crippen molar-refractivity contribution in [1.29, 1.82) is 0 Å². The number of anilines is 2. The molecule has 5 nitrogen and oxygen atoms in total. The van der Waals surface area contributed by atoms with Crippen LogP contribution in [0.4, 0.5) is 11.4 Å². The van der Waals surface area contributed by atoms with Crippen molar-refractivity contribution in [2.24, 2.45) is 0 Å². The van der Waals surface area contributed by atoms with Crippen molar-refractivity contribution in [3.05, 3.63) is 59.7 Å². The summed E-state index contributed by atoms with van der Waals surface area (Å²) in [6.45, 7) is 0.